The Bertz CT molecular complexity index is 3310. The molecule has 0 aliphatic carbocycles. The smallest absolute Gasteiger partial charge is 0.0999 e. The van der Waals surface area contributed by atoms with Crippen LogP contribution in [-0.2, 0) is 0 Å². The first-order valence-electron chi connectivity index (χ1n) is 18.2. The van der Waals surface area contributed by atoms with E-state index in [4.69, 9.17) is 0 Å². The number of nitriles is 3. The number of benzene rings is 7. The highest BCUT2D eigenvalue weighted by Gasteiger charge is 2.23. The van der Waals surface area contributed by atoms with E-state index in [1.165, 1.54) is 0 Å². The summed E-state index contributed by atoms with van der Waals surface area (Å²) in [5, 5.41) is 33.9. The summed E-state index contributed by atoms with van der Waals surface area (Å²) in [6, 6.07) is 60.2. The van der Waals surface area contributed by atoms with Crippen LogP contribution in [0.3, 0.4) is 0 Å². The molecule has 7 aromatic carbocycles. The number of pyridine rings is 1. The van der Waals surface area contributed by atoms with E-state index in [1.54, 1.807) is 12.4 Å². The molecule has 6 heteroatoms. The molecule has 6 nitrogen and oxygen atoms in total. The molecule has 0 aliphatic rings. The lowest BCUT2D eigenvalue weighted by atomic mass is 9.99. The van der Waals surface area contributed by atoms with E-state index in [1.807, 2.05) is 66.7 Å². The van der Waals surface area contributed by atoms with Gasteiger partial charge in [-0.1, -0.05) is 78.9 Å². The van der Waals surface area contributed by atoms with Crippen LogP contribution < -0.4 is 0 Å². The van der Waals surface area contributed by atoms with Gasteiger partial charge in [0.25, 0.3) is 0 Å². The Kier molecular flexibility index (Phi) is 7.53. The fourth-order valence-corrected chi connectivity index (χ4v) is 8.09. The van der Waals surface area contributed by atoms with Crippen LogP contribution in [0.4, 0.5) is 0 Å². The molecular weight excluding hydrogens is 685 g/mol. The van der Waals surface area contributed by atoms with Crippen molar-refractivity contribution in [2.45, 2.75) is 0 Å². The average Bonchev–Trinajstić information content (AvgIpc) is 3.78. The van der Waals surface area contributed by atoms with Crippen molar-refractivity contribution in [2.75, 3.05) is 0 Å². The van der Waals surface area contributed by atoms with Gasteiger partial charge in [-0.15, -0.1) is 0 Å². The van der Waals surface area contributed by atoms with Crippen LogP contribution in [-0.4, -0.2) is 14.1 Å². The Morgan fingerprint density at radius 2 is 0.875 bits per heavy atom. The van der Waals surface area contributed by atoms with Crippen molar-refractivity contribution in [3.8, 4) is 63.0 Å². The molecule has 3 heterocycles. The zero-order chi connectivity index (χ0) is 37.8. The van der Waals surface area contributed by atoms with Crippen molar-refractivity contribution in [2.24, 2.45) is 0 Å². The van der Waals surface area contributed by atoms with Crippen molar-refractivity contribution < 1.29 is 0 Å². The fourth-order valence-electron chi connectivity index (χ4n) is 8.09. The van der Waals surface area contributed by atoms with Crippen LogP contribution in [0, 0.1) is 34.0 Å². The predicted octanol–water partition coefficient (Wildman–Crippen LogP) is 11.9. The number of aromatic nitrogens is 3. The first-order chi connectivity index (χ1) is 27.6. The lowest BCUT2D eigenvalue weighted by molar-refractivity contribution is 1.09. The molecule has 0 N–H and O–H groups in total. The Morgan fingerprint density at radius 1 is 0.393 bits per heavy atom. The Morgan fingerprint density at radius 3 is 1.36 bits per heavy atom. The predicted molar refractivity (Wildman–Crippen MR) is 223 cm³/mol. The molecule has 0 bridgehead atoms. The second-order valence-electron chi connectivity index (χ2n) is 13.8. The first-order valence-corrected chi connectivity index (χ1v) is 18.2. The summed E-state index contributed by atoms with van der Waals surface area (Å²) < 4.78 is 4.59. The molecule has 0 fully saturated rings. The molecule has 0 radical (unpaired) electrons. The number of nitrogens with zero attached hydrogens (tertiary/aromatic N) is 6. The van der Waals surface area contributed by atoms with E-state index in [-0.39, 0.29) is 0 Å². The zero-order valence-corrected chi connectivity index (χ0v) is 29.8. The third kappa shape index (κ3) is 5.12. The van der Waals surface area contributed by atoms with E-state index in [0.717, 1.165) is 88.4 Å². The second kappa shape index (κ2) is 13.0. The largest absolute Gasteiger partial charge is 0.307 e. The molecule has 3 aromatic heterocycles. The zero-order valence-electron chi connectivity index (χ0n) is 29.8. The van der Waals surface area contributed by atoms with E-state index >= 15 is 0 Å². The highest BCUT2D eigenvalue weighted by molar-refractivity contribution is 6.13. The molecule has 10 rings (SSSR count). The van der Waals surface area contributed by atoms with Gasteiger partial charge in [0.1, 0.15) is 0 Å². The third-order valence-electron chi connectivity index (χ3n) is 10.7. The Labute approximate surface area is 322 Å². The Hall–Kier alpha value is -8.24. The van der Waals surface area contributed by atoms with Crippen LogP contribution in [0.25, 0.3) is 88.4 Å². The van der Waals surface area contributed by atoms with Gasteiger partial charge in [-0.3, -0.25) is 4.98 Å². The number of hydrogen-bond donors (Lipinski definition) is 0. The summed E-state index contributed by atoms with van der Waals surface area (Å²) in [5.41, 5.74) is 13.5. The molecule has 258 valence electrons. The lowest BCUT2D eigenvalue weighted by Crippen LogP contribution is -2.05. The standard InChI is InChI=1S/C50H28N6/c51-28-32-11-15-34(16-12-32)36-19-21-47-43(24-36)40-7-1-3-9-45(40)55(47)49-26-39(30-53)42(38-6-5-23-54-31-38)27-50(49)56-46-10-4-2-8-41(46)44-25-37(20-22-48(44)56)35-17-13-33(29-52)14-18-35/h1-27,31H. The van der Waals surface area contributed by atoms with Gasteiger partial charge in [0.05, 0.1) is 68.3 Å². The highest BCUT2D eigenvalue weighted by atomic mass is 15.1. The summed E-state index contributed by atoms with van der Waals surface area (Å²) in [6.07, 6.45) is 3.55. The molecule has 56 heavy (non-hydrogen) atoms. The highest BCUT2D eigenvalue weighted by Crippen LogP contribution is 2.42. The van der Waals surface area contributed by atoms with Crippen molar-refractivity contribution >= 4 is 43.6 Å². The minimum Gasteiger partial charge on any atom is -0.307 e. The minimum atomic E-state index is 0.542. The molecular formula is C50H28N6. The van der Waals surface area contributed by atoms with Crippen LogP contribution in [0.1, 0.15) is 16.7 Å². The SMILES string of the molecule is N#Cc1ccc(-c2ccc3c(c2)c2ccccc2n3-c2cc(C#N)c(-c3cccnc3)cc2-n2c3ccccc3c3cc(-c4ccc(C#N)cc4)ccc32)cc1. The lowest BCUT2D eigenvalue weighted by Gasteiger charge is -2.19. The van der Waals surface area contributed by atoms with E-state index in [9.17, 15) is 15.8 Å². The van der Waals surface area contributed by atoms with E-state index < -0.39 is 0 Å². The van der Waals surface area contributed by atoms with Gasteiger partial charge >= 0.3 is 0 Å². The molecule has 0 amide bonds. The quantitative estimate of drug-likeness (QED) is 0.177. The van der Waals surface area contributed by atoms with Crippen molar-refractivity contribution in [1.82, 2.24) is 14.1 Å². The molecule has 0 unspecified atom stereocenters. The van der Waals surface area contributed by atoms with Crippen molar-refractivity contribution in [1.29, 1.82) is 15.8 Å². The maximum atomic E-state index is 10.7. The topological polar surface area (TPSA) is 94.1 Å². The van der Waals surface area contributed by atoms with Gasteiger partial charge in [0.2, 0.25) is 0 Å². The third-order valence-corrected chi connectivity index (χ3v) is 10.7. The van der Waals surface area contributed by atoms with Crippen molar-refractivity contribution in [3.05, 3.63) is 187 Å². The monoisotopic (exact) mass is 712 g/mol. The summed E-state index contributed by atoms with van der Waals surface area (Å²) >= 11 is 0. The van der Waals surface area contributed by atoms with Gasteiger partial charge in [-0.25, -0.2) is 0 Å². The summed E-state index contributed by atoms with van der Waals surface area (Å²) in [4.78, 5) is 4.42. The van der Waals surface area contributed by atoms with Crippen LogP contribution in [0.2, 0.25) is 0 Å². The number of fused-ring (bicyclic) bond motifs is 6. The minimum absolute atomic E-state index is 0.542. The number of rotatable bonds is 5. The van der Waals surface area contributed by atoms with Crippen LogP contribution in [0.15, 0.2) is 170 Å². The Balaban J connectivity index is 1.29. The fraction of sp³-hybridized carbons (Fsp3) is 0. The van der Waals surface area contributed by atoms with Gasteiger partial charge in [0, 0.05) is 45.1 Å². The average molecular weight is 713 g/mol. The summed E-state index contributed by atoms with van der Waals surface area (Å²) in [6.45, 7) is 0. The molecule has 0 saturated carbocycles. The van der Waals surface area contributed by atoms with Gasteiger partial charge in [-0.2, -0.15) is 15.8 Å². The van der Waals surface area contributed by atoms with Gasteiger partial charge in [-0.05, 0) is 101 Å². The van der Waals surface area contributed by atoms with E-state index in [0.29, 0.717) is 16.7 Å². The number of para-hydroxylation sites is 2. The second-order valence-corrected chi connectivity index (χ2v) is 13.8. The molecule has 0 spiro atoms. The molecule has 10 aromatic rings. The van der Waals surface area contributed by atoms with E-state index in [2.05, 4.69) is 123 Å². The van der Waals surface area contributed by atoms with Crippen molar-refractivity contribution in [3.63, 3.8) is 0 Å². The maximum Gasteiger partial charge on any atom is 0.0999 e. The first kappa shape index (κ1) is 32.4. The molecule has 0 aliphatic heterocycles. The number of hydrogen-bond acceptors (Lipinski definition) is 4. The van der Waals surface area contributed by atoms with Gasteiger partial charge < -0.3 is 9.13 Å². The van der Waals surface area contributed by atoms with Gasteiger partial charge in [0.15, 0.2) is 0 Å². The normalized spacial score (nSPS) is 11.2. The summed E-state index contributed by atoms with van der Waals surface area (Å²) in [7, 11) is 0. The molecule has 0 atom stereocenters. The molecule has 0 saturated heterocycles. The van der Waals surface area contributed by atoms with Crippen LogP contribution >= 0.6 is 0 Å². The summed E-state index contributed by atoms with van der Waals surface area (Å²) in [5.74, 6) is 0. The maximum absolute atomic E-state index is 10.7. The van der Waals surface area contributed by atoms with Crippen LogP contribution in [0.5, 0.6) is 0 Å².